The van der Waals surface area contributed by atoms with Crippen LogP contribution in [-0.4, -0.2) is 18.3 Å². The maximum atomic E-state index is 11.3. The molecule has 1 aromatic heterocycles. The fourth-order valence-electron chi connectivity index (χ4n) is 1.25. The highest BCUT2D eigenvalue weighted by Gasteiger charge is 2.00. The van der Waals surface area contributed by atoms with Gasteiger partial charge in [-0.25, -0.2) is 0 Å². The van der Waals surface area contributed by atoms with Gasteiger partial charge in [0.25, 0.3) is 0 Å². The lowest BCUT2D eigenvalue weighted by molar-refractivity contribution is -0.121. The van der Waals surface area contributed by atoms with Crippen LogP contribution in [-0.2, 0) is 11.2 Å². The molecule has 0 fully saturated rings. The van der Waals surface area contributed by atoms with Crippen LogP contribution in [0.25, 0.3) is 0 Å². The Kier molecular flexibility index (Phi) is 6.44. The first-order valence-corrected chi connectivity index (χ1v) is 6.59. The van der Waals surface area contributed by atoms with E-state index in [0.29, 0.717) is 12.3 Å². The van der Waals surface area contributed by atoms with Crippen LogP contribution in [0.5, 0.6) is 0 Å². The Morgan fingerprint density at radius 2 is 2.33 bits per heavy atom. The van der Waals surface area contributed by atoms with Crippen molar-refractivity contribution in [2.24, 2.45) is 0 Å². The summed E-state index contributed by atoms with van der Waals surface area (Å²) in [5, 5.41) is 4.96. The van der Waals surface area contributed by atoms with Crippen molar-refractivity contribution in [1.82, 2.24) is 5.32 Å². The van der Waals surface area contributed by atoms with E-state index < -0.39 is 0 Å². The van der Waals surface area contributed by atoms with Gasteiger partial charge < -0.3 is 5.32 Å². The van der Waals surface area contributed by atoms with Crippen LogP contribution in [0.3, 0.4) is 0 Å². The molecule has 4 heteroatoms. The van der Waals surface area contributed by atoms with E-state index >= 15 is 0 Å². The van der Waals surface area contributed by atoms with E-state index in [1.54, 1.807) is 11.3 Å². The molecule has 0 radical (unpaired) electrons. The van der Waals surface area contributed by atoms with E-state index in [-0.39, 0.29) is 5.91 Å². The van der Waals surface area contributed by atoms with Gasteiger partial charge in [-0.1, -0.05) is 6.07 Å². The van der Waals surface area contributed by atoms with Gasteiger partial charge in [0, 0.05) is 23.7 Å². The summed E-state index contributed by atoms with van der Waals surface area (Å²) in [5.74, 6) is 0.777. The molecule has 84 valence electrons. The first-order chi connectivity index (χ1) is 7.33. The van der Waals surface area contributed by atoms with Crippen molar-refractivity contribution in [2.75, 3.05) is 12.4 Å². The van der Waals surface area contributed by atoms with Crippen molar-refractivity contribution in [3.63, 3.8) is 0 Å². The van der Waals surface area contributed by atoms with Crippen LogP contribution >= 0.6 is 22.9 Å². The van der Waals surface area contributed by atoms with Gasteiger partial charge in [0.2, 0.25) is 5.91 Å². The molecule has 0 aromatic carbocycles. The van der Waals surface area contributed by atoms with Crippen LogP contribution in [0.2, 0.25) is 0 Å². The zero-order chi connectivity index (χ0) is 10.9. The minimum Gasteiger partial charge on any atom is -0.356 e. The molecular weight excluding hydrogens is 230 g/mol. The van der Waals surface area contributed by atoms with E-state index in [1.165, 1.54) is 4.88 Å². The number of alkyl halides is 1. The summed E-state index contributed by atoms with van der Waals surface area (Å²) in [6.45, 7) is 0.736. The molecule has 15 heavy (non-hydrogen) atoms. The number of nitrogens with one attached hydrogen (secondary N) is 1. The molecule has 0 spiro atoms. The summed E-state index contributed by atoms with van der Waals surface area (Å²) in [6.07, 6.45) is 3.32. The van der Waals surface area contributed by atoms with E-state index in [4.69, 9.17) is 11.6 Å². The molecule has 1 aromatic rings. The predicted molar refractivity (Wildman–Crippen MR) is 65.6 cm³/mol. The second-order valence-electron chi connectivity index (χ2n) is 3.33. The molecule has 0 unspecified atom stereocenters. The molecule has 0 saturated carbocycles. The predicted octanol–water partition coefficient (Wildman–Crippen LogP) is 2.82. The van der Waals surface area contributed by atoms with Crippen molar-refractivity contribution in [3.8, 4) is 0 Å². The minimum atomic E-state index is 0.136. The molecule has 0 bridgehead atoms. The SMILES string of the molecule is O=C(CCCCCl)NCCc1cccs1. The van der Waals surface area contributed by atoms with Crippen LogP contribution in [0.1, 0.15) is 24.1 Å². The number of hydrogen-bond donors (Lipinski definition) is 1. The Labute approximate surface area is 99.6 Å². The third-order valence-corrected chi connectivity index (χ3v) is 3.26. The van der Waals surface area contributed by atoms with Gasteiger partial charge in [0.1, 0.15) is 0 Å². The van der Waals surface area contributed by atoms with Crippen molar-refractivity contribution in [3.05, 3.63) is 22.4 Å². The third-order valence-electron chi connectivity index (χ3n) is 2.06. The fraction of sp³-hybridized carbons (Fsp3) is 0.545. The summed E-state index contributed by atoms with van der Waals surface area (Å²) in [7, 11) is 0. The Bertz CT molecular complexity index is 274. The number of carbonyl (C=O) groups excluding carboxylic acids is 1. The smallest absolute Gasteiger partial charge is 0.220 e. The van der Waals surface area contributed by atoms with E-state index in [9.17, 15) is 4.79 Å². The largest absolute Gasteiger partial charge is 0.356 e. The summed E-state index contributed by atoms with van der Waals surface area (Å²) in [6, 6.07) is 4.12. The van der Waals surface area contributed by atoms with Crippen molar-refractivity contribution in [2.45, 2.75) is 25.7 Å². The van der Waals surface area contributed by atoms with Crippen LogP contribution in [0.15, 0.2) is 17.5 Å². The lowest BCUT2D eigenvalue weighted by Crippen LogP contribution is -2.25. The number of halogens is 1. The first-order valence-electron chi connectivity index (χ1n) is 5.18. The topological polar surface area (TPSA) is 29.1 Å². The summed E-state index contributed by atoms with van der Waals surface area (Å²) in [5.41, 5.74) is 0. The third kappa shape index (κ3) is 5.80. The molecule has 0 saturated heterocycles. The fourth-order valence-corrected chi connectivity index (χ4v) is 2.15. The number of rotatable bonds is 7. The Morgan fingerprint density at radius 1 is 1.47 bits per heavy atom. The van der Waals surface area contributed by atoms with E-state index in [1.807, 2.05) is 6.07 Å². The Balaban J connectivity index is 2.02. The number of thiophene rings is 1. The van der Waals surface area contributed by atoms with Gasteiger partial charge in [-0.3, -0.25) is 4.79 Å². The molecule has 0 aliphatic carbocycles. The van der Waals surface area contributed by atoms with Gasteiger partial charge in [-0.05, 0) is 30.7 Å². The molecule has 2 nitrogen and oxygen atoms in total. The average molecular weight is 246 g/mol. The summed E-state index contributed by atoms with van der Waals surface area (Å²) in [4.78, 5) is 12.6. The molecule has 1 amide bonds. The highest BCUT2D eigenvalue weighted by molar-refractivity contribution is 7.09. The monoisotopic (exact) mass is 245 g/mol. The molecule has 0 aliphatic heterocycles. The minimum absolute atomic E-state index is 0.136. The average Bonchev–Trinajstić information content (AvgIpc) is 2.71. The zero-order valence-electron chi connectivity index (χ0n) is 8.67. The number of amides is 1. The number of hydrogen-bond acceptors (Lipinski definition) is 2. The second-order valence-corrected chi connectivity index (χ2v) is 4.74. The standard InChI is InChI=1S/C11H16ClNOS/c12-7-2-1-5-11(14)13-8-6-10-4-3-9-15-10/h3-4,9H,1-2,5-8H2,(H,13,14). The lowest BCUT2D eigenvalue weighted by atomic mass is 10.2. The van der Waals surface area contributed by atoms with E-state index in [2.05, 4.69) is 16.8 Å². The van der Waals surface area contributed by atoms with Crippen LogP contribution < -0.4 is 5.32 Å². The molecule has 0 aliphatic rings. The quantitative estimate of drug-likeness (QED) is 0.581. The maximum Gasteiger partial charge on any atom is 0.220 e. The number of unbranched alkanes of at least 4 members (excludes halogenated alkanes) is 1. The van der Waals surface area contributed by atoms with Gasteiger partial charge in [-0.2, -0.15) is 0 Å². The van der Waals surface area contributed by atoms with Gasteiger partial charge >= 0.3 is 0 Å². The first kappa shape index (κ1) is 12.5. The Hall–Kier alpha value is -0.540. The van der Waals surface area contributed by atoms with Crippen LogP contribution in [0, 0.1) is 0 Å². The zero-order valence-corrected chi connectivity index (χ0v) is 10.2. The molecule has 1 N–H and O–H groups in total. The highest BCUT2D eigenvalue weighted by atomic mass is 35.5. The van der Waals surface area contributed by atoms with Gasteiger partial charge in [0.15, 0.2) is 0 Å². The van der Waals surface area contributed by atoms with Crippen molar-refractivity contribution >= 4 is 28.8 Å². The second kappa shape index (κ2) is 7.71. The molecule has 0 atom stereocenters. The maximum absolute atomic E-state index is 11.3. The highest BCUT2D eigenvalue weighted by Crippen LogP contribution is 2.08. The normalized spacial score (nSPS) is 10.2. The molecule has 1 rings (SSSR count). The lowest BCUT2D eigenvalue weighted by Gasteiger charge is -2.03. The molecular formula is C11H16ClNOS. The molecule has 1 heterocycles. The van der Waals surface area contributed by atoms with Crippen LogP contribution in [0.4, 0.5) is 0 Å². The Morgan fingerprint density at radius 3 is 3.00 bits per heavy atom. The van der Waals surface area contributed by atoms with Crippen molar-refractivity contribution < 1.29 is 4.79 Å². The number of carbonyl (C=O) groups is 1. The van der Waals surface area contributed by atoms with E-state index in [0.717, 1.165) is 25.8 Å². The summed E-state index contributed by atoms with van der Waals surface area (Å²) < 4.78 is 0. The van der Waals surface area contributed by atoms with Gasteiger partial charge in [0.05, 0.1) is 0 Å². The van der Waals surface area contributed by atoms with Gasteiger partial charge in [-0.15, -0.1) is 22.9 Å². The summed E-state index contributed by atoms with van der Waals surface area (Å²) >= 11 is 7.25. The van der Waals surface area contributed by atoms with Crippen molar-refractivity contribution in [1.29, 1.82) is 0 Å².